The Hall–Kier alpha value is -1.30. The fraction of sp³-hybridized carbons (Fsp3) is 0.286. The smallest absolute Gasteiger partial charge is 0.290 e. The fourth-order valence-electron chi connectivity index (χ4n) is 0.748. The number of thioether (sulfide) groups is 1. The third kappa shape index (κ3) is 2.59. The van der Waals surface area contributed by atoms with Gasteiger partial charge in [-0.3, -0.25) is 19.7 Å². The molecular weight excluding hydrogens is 192 g/mol. The number of hydrogen-bond donors (Lipinski definition) is 2. The van der Waals surface area contributed by atoms with Crippen molar-refractivity contribution in [3.8, 4) is 0 Å². The second-order valence-corrected chi connectivity index (χ2v) is 3.30. The van der Waals surface area contributed by atoms with Gasteiger partial charge in [0.15, 0.2) is 0 Å². The Labute approximate surface area is 78.9 Å². The van der Waals surface area contributed by atoms with E-state index in [9.17, 15) is 14.4 Å². The highest BCUT2D eigenvalue weighted by Crippen LogP contribution is 2.22. The molecule has 0 radical (unpaired) electrons. The first-order chi connectivity index (χ1) is 6.13. The minimum atomic E-state index is -0.432. The molecule has 0 aromatic carbocycles. The molecule has 0 aromatic rings. The highest BCUT2D eigenvalue weighted by molar-refractivity contribution is 8.18. The summed E-state index contributed by atoms with van der Waals surface area (Å²) >= 11 is 0.808. The second-order valence-electron chi connectivity index (χ2n) is 2.29. The van der Waals surface area contributed by atoms with Gasteiger partial charge in [0.05, 0.1) is 4.91 Å². The number of hydrogen-bond acceptors (Lipinski definition) is 4. The van der Waals surface area contributed by atoms with E-state index in [1.54, 1.807) is 0 Å². The summed E-state index contributed by atoms with van der Waals surface area (Å²) in [7, 11) is 1.51. The van der Waals surface area contributed by atoms with Crippen molar-refractivity contribution in [3.05, 3.63) is 11.0 Å². The maximum absolute atomic E-state index is 10.9. The molecule has 0 aliphatic carbocycles. The van der Waals surface area contributed by atoms with Crippen LogP contribution in [0.15, 0.2) is 11.0 Å². The number of imide groups is 1. The van der Waals surface area contributed by atoms with Crippen LogP contribution >= 0.6 is 11.8 Å². The molecule has 1 heterocycles. The molecule has 0 bridgehead atoms. The Kier molecular flexibility index (Phi) is 3.07. The van der Waals surface area contributed by atoms with Crippen molar-refractivity contribution in [2.75, 3.05) is 7.05 Å². The lowest BCUT2D eigenvalue weighted by molar-refractivity contribution is -0.119. The molecule has 1 aliphatic heterocycles. The van der Waals surface area contributed by atoms with Crippen LogP contribution in [0.1, 0.15) is 6.42 Å². The Balaban J connectivity index is 2.57. The minimum Gasteiger partial charge on any atom is -0.359 e. The molecule has 0 spiro atoms. The standard InChI is InChI=1S/C7H8N2O3S/c1-8-5(10)3-2-4-6(11)9-7(12)13-4/h2H,3H2,1H3,(H,8,10)(H,9,11,12)/b4-2-. The molecule has 70 valence electrons. The molecule has 5 nitrogen and oxygen atoms in total. The summed E-state index contributed by atoms with van der Waals surface area (Å²) < 4.78 is 0. The average Bonchev–Trinajstić information content (AvgIpc) is 2.41. The zero-order chi connectivity index (χ0) is 9.84. The summed E-state index contributed by atoms with van der Waals surface area (Å²) in [6, 6.07) is 0. The van der Waals surface area contributed by atoms with Crippen molar-refractivity contribution in [2.24, 2.45) is 0 Å². The van der Waals surface area contributed by atoms with Gasteiger partial charge in [0.1, 0.15) is 0 Å². The fourth-order valence-corrected chi connectivity index (χ4v) is 1.40. The molecule has 1 aliphatic rings. The zero-order valence-corrected chi connectivity index (χ0v) is 7.73. The first kappa shape index (κ1) is 9.79. The van der Waals surface area contributed by atoms with Crippen molar-refractivity contribution in [3.63, 3.8) is 0 Å². The molecule has 1 saturated heterocycles. The van der Waals surface area contributed by atoms with Gasteiger partial charge < -0.3 is 5.32 Å². The maximum atomic E-state index is 10.9. The normalized spacial score (nSPS) is 19.0. The zero-order valence-electron chi connectivity index (χ0n) is 6.92. The summed E-state index contributed by atoms with van der Waals surface area (Å²) in [5, 5.41) is 4.10. The van der Waals surface area contributed by atoms with Crippen LogP contribution in [0.3, 0.4) is 0 Å². The van der Waals surface area contributed by atoms with Crippen LogP contribution in [-0.2, 0) is 9.59 Å². The van der Waals surface area contributed by atoms with Crippen LogP contribution in [0.25, 0.3) is 0 Å². The predicted molar refractivity (Wildman–Crippen MR) is 47.9 cm³/mol. The Bertz CT molecular complexity index is 298. The summed E-state index contributed by atoms with van der Waals surface area (Å²) in [6.45, 7) is 0. The van der Waals surface area contributed by atoms with E-state index < -0.39 is 11.1 Å². The topological polar surface area (TPSA) is 75.3 Å². The first-order valence-corrected chi connectivity index (χ1v) is 4.39. The summed E-state index contributed by atoms with van der Waals surface area (Å²) in [5.41, 5.74) is 0. The molecule has 0 saturated carbocycles. The van der Waals surface area contributed by atoms with E-state index in [-0.39, 0.29) is 17.2 Å². The number of nitrogens with one attached hydrogen (secondary N) is 2. The number of amides is 3. The van der Waals surface area contributed by atoms with E-state index in [1.165, 1.54) is 13.1 Å². The molecule has 13 heavy (non-hydrogen) atoms. The van der Waals surface area contributed by atoms with Gasteiger partial charge in [0.2, 0.25) is 5.91 Å². The van der Waals surface area contributed by atoms with Gasteiger partial charge in [-0.1, -0.05) is 6.08 Å². The highest BCUT2D eigenvalue weighted by Gasteiger charge is 2.24. The second kappa shape index (κ2) is 4.08. The Morgan fingerprint density at radius 3 is 2.77 bits per heavy atom. The van der Waals surface area contributed by atoms with Crippen molar-refractivity contribution >= 4 is 28.8 Å². The molecule has 6 heteroatoms. The minimum absolute atomic E-state index is 0.111. The van der Waals surface area contributed by atoms with Gasteiger partial charge in [-0.15, -0.1) is 0 Å². The molecule has 1 rings (SSSR count). The van der Waals surface area contributed by atoms with E-state index in [4.69, 9.17) is 0 Å². The first-order valence-electron chi connectivity index (χ1n) is 3.57. The Morgan fingerprint density at radius 1 is 1.62 bits per heavy atom. The van der Waals surface area contributed by atoms with Gasteiger partial charge in [0.25, 0.3) is 11.1 Å². The third-order valence-electron chi connectivity index (χ3n) is 1.39. The van der Waals surface area contributed by atoms with Crippen LogP contribution in [0.4, 0.5) is 4.79 Å². The van der Waals surface area contributed by atoms with E-state index in [1.807, 2.05) is 0 Å². The maximum Gasteiger partial charge on any atom is 0.290 e. The summed E-state index contributed by atoms with van der Waals surface area (Å²) in [6.07, 6.45) is 1.54. The van der Waals surface area contributed by atoms with Gasteiger partial charge in [-0.05, 0) is 11.8 Å². The molecule has 0 atom stereocenters. The molecule has 3 amide bonds. The van der Waals surface area contributed by atoms with Gasteiger partial charge in [0, 0.05) is 13.5 Å². The number of carbonyl (C=O) groups is 3. The lowest BCUT2D eigenvalue weighted by Gasteiger charge is -1.93. The van der Waals surface area contributed by atoms with Crippen molar-refractivity contribution in [2.45, 2.75) is 6.42 Å². The van der Waals surface area contributed by atoms with Gasteiger partial charge in [-0.25, -0.2) is 0 Å². The molecule has 1 fully saturated rings. The monoisotopic (exact) mass is 200 g/mol. The van der Waals surface area contributed by atoms with Crippen LogP contribution in [0, 0.1) is 0 Å². The Morgan fingerprint density at radius 2 is 2.31 bits per heavy atom. The van der Waals surface area contributed by atoms with Crippen molar-refractivity contribution in [1.82, 2.24) is 10.6 Å². The van der Waals surface area contributed by atoms with Crippen molar-refractivity contribution in [1.29, 1.82) is 0 Å². The quantitative estimate of drug-likeness (QED) is 0.615. The SMILES string of the molecule is CNC(=O)C/C=C1\SC(=O)NC1=O. The highest BCUT2D eigenvalue weighted by atomic mass is 32.2. The lowest BCUT2D eigenvalue weighted by Crippen LogP contribution is -2.19. The van der Waals surface area contributed by atoms with Gasteiger partial charge >= 0.3 is 0 Å². The predicted octanol–water partition coefficient (Wildman–Crippen LogP) is -0.0106. The summed E-state index contributed by atoms with van der Waals surface area (Å²) in [5.74, 6) is -0.626. The van der Waals surface area contributed by atoms with Crippen molar-refractivity contribution < 1.29 is 14.4 Å². The average molecular weight is 200 g/mol. The largest absolute Gasteiger partial charge is 0.359 e. The lowest BCUT2D eigenvalue weighted by atomic mass is 10.3. The molecule has 0 aromatic heterocycles. The van der Waals surface area contributed by atoms with Crippen LogP contribution < -0.4 is 10.6 Å². The summed E-state index contributed by atoms with van der Waals surface area (Å²) in [4.78, 5) is 32.7. The number of rotatable bonds is 2. The molecular formula is C7H8N2O3S. The van der Waals surface area contributed by atoms with Crippen LogP contribution in [0.2, 0.25) is 0 Å². The van der Waals surface area contributed by atoms with Crippen LogP contribution in [0.5, 0.6) is 0 Å². The molecule has 2 N–H and O–H groups in total. The van der Waals surface area contributed by atoms with Crippen LogP contribution in [-0.4, -0.2) is 24.1 Å². The number of carbonyl (C=O) groups excluding carboxylic acids is 3. The third-order valence-corrected chi connectivity index (χ3v) is 2.25. The van der Waals surface area contributed by atoms with E-state index >= 15 is 0 Å². The molecule has 0 unspecified atom stereocenters. The van der Waals surface area contributed by atoms with E-state index in [0.717, 1.165) is 11.8 Å². The van der Waals surface area contributed by atoms with Gasteiger partial charge in [-0.2, -0.15) is 0 Å². The van der Waals surface area contributed by atoms with E-state index in [0.29, 0.717) is 0 Å². The van der Waals surface area contributed by atoms with E-state index in [2.05, 4.69) is 10.6 Å².